The van der Waals surface area contributed by atoms with Crippen LogP contribution < -0.4 is 5.32 Å². The lowest BCUT2D eigenvalue weighted by Crippen LogP contribution is -2.27. The van der Waals surface area contributed by atoms with Gasteiger partial charge in [0.05, 0.1) is 0 Å². The average molecular weight is 350 g/mol. The van der Waals surface area contributed by atoms with Crippen LogP contribution in [0.1, 0.15) is 48.0 Å². The molecule has 4 heteroatoms. The van der Waals surface area contributed by atoms with Gasteiger partial charge in [0.25, 0.3) is 5.91 Å². The minimum absolute atomic E-state index is 0.0531. The van der Waals surface area contributed by atoms with Gasteiger partial charge in [0, 0.05) is 30.8 Å². The average Bonchev–Trinajstić information content (AvgIpc) is 2.69. The van der Waals surface area contributed by atoms with Crippen LogP contribution in [0.4, 0.5) is 5.69 Å². The topological polar surface area (TPSA) is 49.4 Å². The van der Waals surface area contributed by atoms with Gasteiger partial charge in [0.1, 0.15) is 0 Å². The number of anilines is 1. The molecule has 0 unspecified atom stereocenters. The molecule has 0 atom stereocenters. The van der Waals surface area contributed by atoms with E-state index in [1.54, 1.807) is 24.1 Å². The molecular formula is C22H26N2O2. The van der Waals surface area contributed by atoms with E-state index in [2.05, 4.69) is 5.32 Å². The minimum atomic E-state index is -0.0531. The quantitative estimate of drug-likeness (QED) is 0.864. The van der Waals surface area contributed by atoms with Gasteiger partial charge >= 0.3 is 0 Å². The van der Waals surface area contributed by atoms with Gasteiger partial charge in [-0.25, -0.2) is 0 Å². The lowest BCUT2D eigenvalue weighted by molar-refractivity contribution is -0.120. The van der Waals surface area contributed by atoms with Crippen LogP contribution in [0.2, 0.25) is 0 Å². The summed E-state index contributed by atoms with van der Waals surface area (Å²) in [5.41, 5.74) is 2.37. The number of nitrogens with one attached hydrogen (secondary N) is 1. The molecule has 2 amide bonds. The second-order valence-electron chi connectivity index (χ2n) is 7.05. The number of rotatable bonds is 5. The highest BCUT2D eigenvalue weighted by molar-refractivity contribution is 5.97. The third kappa shape index (κ3) is 4.72. The highest BCUT2D eigenvalue weighted by Crippen LogP contribution is 2.25. The molecule has 1 saturated carbocycles. The number of hydrogen-bond acceptors (Lipinski definition) is 2. The summed E-state index contributed by atoms with van der Waals surface area (Å²) in [4.78, 5) is 26.8. The fourth-order valence-corrected chi connectivity index (χ4v) is 3.49. The van der Waals surface area contributed by atoms with Crippen LogP contribution in [-0.2, 0) is 11.3 Å². The highest BCUT2D eigenvalue weighted by Gasteiger charge is 2.21. The van der Waals surface area contributed by atoms with Crippen LogP contribution in [0.5, 0.6) is 0 Å². The Morgan fingerprint density at radius 3 is 2.46 bits per heavy atom. The van der Waals surface area contributed by atoms with Gasteiger partial charge in [-0.3, -0.25) is 9.59 Å². The summed E-state index contributed by atoms with van der Waals surface area (Å²) in [5.74, 6) is 0.124. The largest absolute Gasteiger partial charge is 0.337 e. The number of carbonyl (C=O) groups is 2. The number of benzene rings is 2. The van der Waals surface area contributed by atoms with E-state index in [1.165, 1.54) is 6.42 Å². The normalized spacial score (nSPS) is 14.7. The Bertz CT molecular complexity index is 752. The van der Waals surface area contributed by atoms with Crippen molar-refractivity contribution in [1.29, 1.82) is 0 Å². The Kier molecular flexibility index (Phi) is 6.05. The molecule has 1 fully saturated rings. The first-order valence-corrected chi connectivity index (χ1v) is 9.34. The monoisotopic (exact) mass is 350 g/mol. The van der Waals surface area contributed by atoms with Gasteiger partial charge in [0.2, 0.25) is 5.91 Å². The zero-order valence-corrected chi connectivity index (χ0v) is 15.3. The number of hydrogen-bond donors (Lipinski definition) is 1. The second kappa shape index (κ2) is 8.65. The lowest BCUT2D eigenvalue weighted by Gasteiger charge is -2.21. The van der Waals surface area contributed by atoms with Gasteiger partial charge < -0.3 is 10.2 Å². The summed E-state index contributed by atoms with van der Waals surface area (Å²) in [7, 11) is 1.79. The summed E-state index contributed by atoms with van der Waals surface area (Å²) < 4.78 is 0. The minimum Gasteiger partial charge on any atom is -0.337 e. The molecule has 4 nitrogen and oxygen atoms in total. The van der Waals surface area contributed by atoms with Gasteiger partial charge in [-0.05, 0) is 36.6 Å². The third-order valence-corrected chi connectivity index (χ3v) is 4.96. The molecule has 0 aliphatic heterocycles. The summed E-state index contributed by atoms with van der Waals surface area (Å²) in [6.07, 6.45) is 5.40. The fourth-order valence-electron chi connectivity index (χ4n) is 3.49. The van der Waals surface area contributed by atoms with E-state index < -0.39 is 0 Å². The van der Waals surface area contributed by atoms with Crippen molar-refractivity contribution in [3.63, 3.8) is 0 Å². The van der Waals surface area contributed by atoms with Crippen molar-refractivity contribution >= 4 is 17.5 Å². The van der Waals surface area contributed by atoms with Crippen molar-refractivity contribution < 1.29 is 9.59 Å². The zero-order valence-electron chi connectivity index (χ0n) is 15.3. The first-order chi connectivity index (χ1) is 12.6. The molecule has 2 aromatic carbocycles. The van der Waals surface area contributed by atoms with Crippen LogP contribution in [-0.4, -0.2) is 23.8 Å². The van der Waals surface area contributed by atoms with Crippen molar-refractivity contribution in [3.8, 4) is 0 Å². The Labute approximate surface area is 155 Å². The fraction of sp³-hybridized carbons (Fsp3) is 0.364. The van der Waals surface area contributed by atoms with Crippen molar-refractivity contribution in [2.24, 2.45) is 5.92 Å². The predicted molar refractivity (Wildman–Crippen MR) is 104 cm³/mol. The highest BCUT2D eigenvalue weighted by atomic mass is 16.2. The molecule has 0 saturated heterocycles. The molecule has 136 valence electrons. The van der Waals surface area contributed by atoms with E-state index in [9.17, 15) is 9.59 Å². The Balaban J connectivity index is 1.64. The molecule has 2 aromatic rings. The van der Waals surface area contributed by atoms with Crippen LogP contribution in [0.25, 0.3) is 0 Å². The maximum atomic E-state index is 12.7. The molecule has 0 heterocycles. The Hall–Kier alpha value is -2.62. The van der Waals surface area contributed by atoms with Crippen LogP contribution in [0.15, 0.2) is 54.6 Å². The Morgan fingerprint density at radius 1 is 1.00 bits per heavy atom. The molecule has 0 spiro atoms. The molecule has 0 aromatic heterocycles. The standard InChI is InChI=1S/C22H26N2O2/c1-24(16-17-9-4-2-5-10-17)22(26)19-13-8-14-20(15-19)23-21(25)18-11-6-3-7-12-18/h2,4-5,8-10,13-15,18H,3,6-7,11-12,16H2,1H3,(H,23,25). The number of nitrogens with zero attached hydrogens (tertiary/aromatic N) is 1. The summed E-state index contributed by atoms with van der Waals surface area (Å²) in [5, 5.41) is 2.99. The van der Waals surface area contributed by atoms with Crippen molar-refractivity contribution in [2.75, 3.05) is 12.4 Å². The van der Waals surface area contributed by atoms with E-state index >= 15 is 0 Å². The molecule has 3 rings (SSSR count). The van der Waals surface area contributed by atoms with Gasteiger partial charge in [-0.2, -0.15) is 0 Å². The molecule has 1 N–H and O–H groups in total. The van der Waals surface area contributed by atoms with Crippen LogP contribution in [0.3, 0.4) is 0 Å². The first-order valence-electron chi connectivity index (χ1n) is 9.34. The SMILES string of the molecule is CN(Cc1ccccc1)C(=O)c1cccc(NC(=O)C2CCCCC2)c1. The zero-order chi connectivity index (χ0) is 18.4. The van der Waals surface area contributed by atoms with Crippen molar-refractivity contribution in [1.82, 2.24) is 4.90 Å². The van der Waals surface area contributed by atoms with E-state index in [0.29, 0.717) is 17.8 Å². The molecule has 0 radical (unpaired) electrons. The predicted octanol–water partition coefficient (Wildman–Crippen LogP) is 4.48. The van der Waals surface area contributed by atoms with E-state index in [1.807, 2.05) is 42.5 Å². The second-order valence-corrected chi connectivity index (χ2v) is 7.05. The van der Waals surface area contributed by atoms with E-state index in [0.717, 1.165) is 31.2 Å². The third-order valence-electron chi connectivity index (χ3n) is 4.96. The summed E-state index contributed by atoms with van der Waals surface area (Å²) >= 11 is 0. The molecular weight excluding hydrogens is 324 g/mol. The molecule has 1 aliphatic carbocycles. The van der Waals surface area contributed by atoms with Gasteiger partial charge in [-0.1, -0.05) is 55.7 Å². The van der Waals surface area contributed by atoms with Crippen LogP contribution in [0, 0.1) is 5.92 Å². The van der Waals surface area contributed by atoms with Gasteiger partial charge in [0.15, 0.2) is 0 Å². The molecule has 26 heavy (non-hydrogen) atoms. The summed E-state index contributed by atoms with van der Waals surface area (Å²) in [6, 6.07) is 17.1. The maximum Gasteiger partial charge on any atom is 0.253 e. The first kappa shape index (κ1) is 18.2. The van der Waals surface area contributed by atoms with Gasteiger partial charge in [-0.15, -0.1) is 0 Å². The van der Waals surface area contributed by atoms with Crippen molar-refractivity contribution in [3.05, 3.63) is 65.7 Å². The van der Waals surface area contributed by atoms with E-state index in [4.69, 9.17) is 0 Å². The maximum absolute atomic E-state index is 12.7. The van der Waals surface area contributed by atoms with E-state index in [-0.39, 0.29) is 17.7 Å². The molecule has 0 bridgehead atoms. The Morgan fingerprint density at radius 2 is 1.73 bits per heavy atom. The lowest BCUT2D eigenvalue weighted by atomic mass is 9.88. The van der Waals surface area contributed by atoms with Crippen LogP contribution >= 0.6 is 0 Å². The van der Waals surface area contributed by atoms with Crippen molar-refractivity contribution in [2.45, 2.75) is 38.6 Å². The number of amides is 2. The number of carbonyl (C=O) groups excluding carboxylic acids is 2. The summed E-state index contributed by atoms with van der Waals surface area (Å²) in [6.45, 7) is 0.554. The molecule has 1 aliphatic rings. The smallest absolute Gasteiger partial charge is 0.253 e.